The van der Waals surface area contributed by atoms with Gasteiger partial charge in [-0.3, -0.25) is 4.79 Å². The molecular weight excluding hydrogens is 252 g/mol. The number of thioether (sulfide) groups is 1. The van der Waals surface area contributed by atoms with Gasteiger partial charge in [-0.2, -0.15) is 0 Å². The molecule has 1 aliphatic rings. The fraction of sp³-hybridized carbons (Fsp3) is 0.500. The molecule has 0 aliphatic carbocycles. The summed E-state index contributed by atoms with van der Waals surface area (Å²) in [7, 11) is 0. The number of carbonyl (C=O) groups is 1. The standard InChI is InChI=1S/C14H17ClOS/c1-8-5-11(9(2)16)12(15)6-10(8)7-13-14(3,4)17-13/h5-6,13H,7H2,1-4H3. The van der Waals surface area contributed by atoms with Gasteiger partial charge in [-0.15, -0.1) is 11.8 Å². The summed E-state index contributed by atoms with van der Waals surface area (Å²) in [6, 6.07) is 3.88. The Kier molecular flexibility index (Phi) is 3.30. The molecule has 1 saturated heterocycles. The topological polar surface area (TPSA) is 17.1 Å². The lowest BCUT2D eigenvalue weighted by Gasteiger charge is -2.09. The van der Waals surface area contributed by atoms with E-state index < -0.39 is 0 Å². The van der Waals surface area contributed by atoms with Crippen LogP contribution in [0.2, 0.25) is 5.02 Å². The summed E-state index contributed by atoms with van der Waals surface area (Å²) >= 11 is 8.15. The number of aryl methyl sites for hydroxylation is 1. The normalized spacial score (nSPS) is 21.4. The van der Waals surface area contributed by atoms with Crippen LogP contribution in [-0.4, -0.2) is 15.8 Å². The number of halogens is 1. The Morgan fingerprint density at radius 2 is 2.06 bits per heavy atom. The highest BCUT2D eigenvalue weighted by Crippen LogP contribution is 2.54. The van der Waals surface area contributed by atoms with Gasteiger partial charge in [0.15, 0.2) is 5.78 Å². The zero-order valence-electron chi connectivity index (χ0n) is 10.6. The van der Waals surface area contributed by atoms with Gasteiger partial charge in [-0.1, -0.05) is 11.6 Å². The molecular formula is C14H17ClOS. The second-order valence-corrected chi connectivity index (χ2v) is 7.49. The van der Waals surface area contributed by atoms with Gasteiger partial charge < -0.3 is 0 Å². The molecule has 0 N–H and O–H groups in total. The molecule has 1 unspecified atom stereocenters. The van der Waals surface area contributed by atoms with Crippen molar-refractivity contribution >= 4 is 29.1 Å². The lowest BCUT2D eigenvalue weighted by Crippen LogP contribution is -2.07. The SMILES string of the molecule is CC(=O)c1cc(C)c(CC2SC2(C)C)cc1Cl. The van der Waals surface area contributed by atoms with Crippen LogP contribution < -0.4 is 0 Å². The molecule has 92 valence electrons. The third kappa shape index (κ3) is 2.69. The van der Waals surface area contributed by atoms with Crippen LogP contribution in [0.3, 0.4) is 0 Å². The second kappa shape index (κ2) is 4.33. The molecule has 1 heterocycles. The Morgan fingerprint density at radius 3 is 2.53 bits per heavy atom. The minimum Gasteiger partial charge on any atom is -0.294 e. The van der Waals surface area contributed by atoms with Crippen molar-refractivity contribution in [1.82, 2.24) is 0 Å². The van der Waals surface area contributed by atoms with Gasteiger partial charge in [0.1, 0.15) is 0 Å². The van der Waals surface area contributed by atoms with E-state index in [4.69, 9.17) is 11.6 Å². The van der Waals surface area contributed by atoms with E-state index in [1.807, 2.05) is 23.9 Å². The average Bonchev–Trinajstić information content (AvgIpc) is 2.79. The van der Waals surface area contributed by atoms with Crippen molar-refractivity contribution in [2.75, 3.05) is 0 Å². The monoisotopic (exact) mass is 268 g/mol. The number of benzene rings is 1. The second-order valence-electron chi connectivity index (χ2n) is 5.23. The van der Waals surface area contributed by atoms with Crippen LogP contribution in [0.4, 0.5) is 0 Å². The Labute approximate surface area is 112 Å². The Bertz CT molecular complexity index is 479. The zero-order valence-corrected chi connectivity index (χ0v) is 12.2. The van der Waals surface area contributed by atoms with E-state index in [2.05, 4.69) is 20.8 Å². The van der Waals surface area contributed by atoms with Crippen molar-refractivity contribution in [3.63, 3.8) is 0 Å². The predicted octanol–water partition coefficient (Wildman–Crippen LogP) is 4.29. The van der Waals surface area contributed by atoms with Gasteiger partial charge in [-0.05, 0) is 57.4 Å². The first-order chi connectivity index (χ1) is 7.81. The molecule has 1 nitrogen and oxygen atoms in total. The van der Waals surface area contributed by atoms with Gasteiger partial charge in [-0.25, -0.2) is 0 Å². The highest BCUT2D eigenvalue weighted by molar-refractivity contribution is 8.08. The maximum Gasteiger partial charge on any atom is 0.161 e. The Morgan fingerprint density at radius 1 is 1.47 bits per heavy atom. The minimum atomic E-state index is 0.0331. The van der Waals surface area contributed by atoms with Crippen molar-refractivity contribution in [2.24, 2.45) is 0 Å². The first kappa shape index (κ1) is 13.0. The number of ketones is 1. The Hall–Kier alpha value is -0.470. The third-order valence-electron chi connectivity index (χ3n) is 3.37. The van der Waals surface area contributed by atoms with Gasteiger partial charge in [0.05, 0.1) is 5.02 Å². The maximum absolute atomic E-state index is 11.4. The van der Waals surface area contributed by atoms with Crippen LogP contribution in [0.5, 0.6) is 0 Å². The van der Waals surface area contributed by atoms with E-state index in [9.17, 15) is 4.79 Å². The summed E-state index contributed by atoms with van der Waals surface area (Å²) in [5.41, 5.74) is 3.07. The van der Waals surface area contributed by atoms with Crippen molar-refractivity contribution < 1.29 is 4.79 Å². The summed E-state index contributed by atoms with van der Waals surface area (Å²) in [5, 5.41) is 1.27. The molecule has 1 aromatic carbocycles. The van der Waals surface area contributed by atoms with Crippen molar-refractivity contribution in [2.45, 2.75) is 44.1 Å². The summed E-state index contributed by atoms with van der Waals surface area (Å²) < 4.78 is 0.401. The molecule has 1 aliphatic heterocycles. The van der Waals surface area contributed by atoms with Crippen LogP contribution in [-0.2, 0) is 6.42 Å². The third-order valence-corrected chi connectivity index (χ3v) is 5.37. The molecule has 3 heteroatoms. The number of Topliss-reactive ketones (excluding diaryl/α,β-unsaturated/α-hetero) is 1. The average molecular weight is 269 g/mol. The summed E-state index contributed by atoms with van der Waals surface area (Å²) in [5.74, 6) is 0.0331. The molecule has 1 atom stereocenters. The van der Waals surface area contributed by atoms with Crippen LogP contribution in [0.15, 0.2) is 12.1 Å². The maximum atomic E-state index is 11.4. The number of rotatable bonds is 3. The fourth-order valence-corrected chi connectivity index (χ4v) is 3.36. The molecule has 0 aromatic heterocycles. The molecule has 1 fully saturated rings. The van der Waals surface area contributed by atoms with Crippen molar-refractivity contribution in [3.8, 4) is 0 Å². The largest absolute Gasteiger partial charge is 0.294 e. The molecule has 0 bridgehead atoms. The quantitative estimate of drug-likeness (QED) is 0.601. The highest BCUT2D eigenvalue weighted by atomic mass is 35.5. The molecule has 2 rings (SSSR count). The van der Waals surface area contributed by atoms with Gasteiger partial charge in [0.25, 0.3) is 0 Å². The number of carbonyl (C=O) groups excluding carboxylic acids is 1. The lowest BCUT2D eigenvalue weighted by atomic mass is 9.96. The predicted molar refractivity (Wildman–Crippen MR) is 75.4 cm³/mol. The van der Waals surface area contributed by atoms with E-state index in [0.717, 1.165) is 6.42 Å². The van der Waals surface area contributed by atoms with Crippen LogP contribution in [0.1, 0.15) is 42.3 Å². The minimum absolute atomic E-state index is 0.0331. The highest BCUT2D eigenvalue weighted by Gasteiger charge is 2.46. The zero-order chi connectivity index (χ0) is 12.8. The van der Waals surface area contributed by atoms with E-state index in [1.165, 1.54) is 11.1 Å². The summed E-state index contributed by atoms with van der Waals surface area (Å²) in [6.07, 6.45) is 1.04. The number of hydrogen-bond acceptors (Lipinski definition) is 2. The van der Waals surface area contributed by atoms with E-state index in [-0.39, 0.29) is 5.78 Å². The molecule has 0 spiro atoms. The summed E-state index contributed by atoms with van der Waals surface area (Å²) in [6.45, 7) is 8.14. The van der Waals surface area contributed by atoms with Gasteiger partial charge in [0.2, 0.25) is 0 Å². The lowest BCUT2D eigenvalue weighted by molar-refractivity contribution is 0.101. The first-order valence-electron chi connectivity index (χ1n) is 5.79. The van der Waals surface area contributed by atoms with Crippen LogP contribution in [0.25, 0.3) is 0 Å². The first-order valence-corrected chi connectivity index (χ1v) is 7.05. The van der Waals surface area contributed by atoms with Crippen molar-refractivity contribution in [3.05, 3.63) is 33.8 Å². The smallest absolute Gasteiger partial charge is 0.161 e. The molecule has 0 amide bonds. The molecule has 0 saturated carbocycles. The molecule has 17 heavy (non-hydrogen) atoms. The molecule has 1 aromatic rings. The van der Waals surface area contributed by atoms with E-state index >= 15 is 0 Å². The summed E-state index contributed by atoms with van der Waals surface area (Å²) in [4.78, 5) is 11.4. The van der Waals surface area contributed by atoms with E-state index in [0.29, 0.717) is 20.6 Å². The van der Waals surface area contributed by atoms with Gasteiger partial charge in [0, 0.05) is 15.6 Å². The van der Waals surface area contributed by atoms with Crippen LogP contribution in [0, 0.1) is 6.92 Å². The van der Waals surface area contributed by atoms with E-state index in [1.54, 1.807) is 6.92 Å². The fourth-order valence-electron chi connectivity index (χ4n) is 2.03. The van der Waals surface area contributed by atoms with Gasteiger partial charge >= 0.3 is 0 Å². The molecule has 0 radical (unpaired) electrons. The van der Waals surface area contributed by atoms with Crippen molar-refractivity contribution in [1.29, 1.82) is 0 Å². The number of hydrogen-bond donors (Lipinski definition) is 0. The van der Waals surface area contributed by atoms with Crippen LogP contribution >= 0.6 is 23.4 Å². The Balaban J connectivity index is 2.25.